The third-order valence-corrected chi connectivity index (χ3v) is 7.80. The predicted octanol–water partition coefficient (Wildman–Crippen LogP) is 3.38. The lowest BCUT2D eigenvalue weighted by Crippen LogP contribution is -2.55. The van der Waals surface area contributed by atoms with E-state index in [1.54, 1.807) is 13.0 Å². The SMILES string of the molecule is CCOC(=O)c1ccc(N2CCN(C(=O)C3CC4CCCCC4N3C(=O)c3ccccc3)CC2)nc1. The number of esters is 1. The number of fused-ring (bicyclic) bond motifs is 1. The smallest absolute Gasteiger partial charge is 0.339 e. The number of anilines is 1. The molecule has 2 aromatic rings. The van der Waals surface area contributed by atoms with Crippen LogP contribution < -0.4 is 4.90 Å². The fraction of sp³-hybridized carbons (Fsp3) is 0.500. The molecular weight excluding hydrogens is 456 g/mol. The fourth-order valence-electron chi connectivity index (χ4n) is 5.98. The van der Waals surface area contributed by atoms with Crippen molar-refractivity contribution in [3.05, 3.63) is 59.8 Å². The number of likely N-dealkylation sites (tertiary alicyclic amines) is 1. The monoisotopic (exact) mass is 490 g/mol. The number of pyridine rings is 1. The van der Waals surface area contributed by atoms with Crippen molar-refractivity contribution in [2.24, 2.45) is 5.92 Å². The van der Waals surface area contributed by atoms with Crippen LogP contribution in [0.4, 0.5) is 5.82 Å². The highest BCUT2D eigenvalue weighted by Crippen LogP contribution is 2.41. The molecule has 3 unspecified atom stereocenters. The zero-order valence-electron chi connectivity index (χ0n) is 20.8. The second-order valence-electron chi connectivity index (χ2n) is 9.88. The van der Waals surface area contributed by atoms with Crippen LogP contribution in [0.3, 0.4) is 0 Å². The van der Waals surface area contributed by atoms with Gasteiger partial charge in [-0.25, -0.2) is 9.78 Å². The summed E-state index contributed by atoms with van der Waals surface area (Å²) in [6.45, 7) is 4.58. The Balaban J connectivity index is 1.26. The van der Waals surface area contributed by atoms with Gasteiger partial charge < -0.3 is 19.4 Å². The van der Waals surface area contributed by atoms with Gasteiger partial charge in [0.15, 0.2) is 0 Å². The summed E-state index contributed by atoms with van der Waals surface area (Å²) >= 11 is 0. The molecule has 2 saturated heterocycles. The number of ether oxygens (including phenoxy) is 1. The van der Waals surface area contributed by atoms with Gasteiger partial charge in [-0.1, -0.05) is 31.0 Å². The predicted molar refractivity (Wildman–Crippen MR) is 136 cm³/mol. The van der Waals surface area contributed by atoms with E-state index in [0.717, 1.165) is 31.5 Å². The van der Waals surface area contributed by atoms with Gasteiger partial charge in [0, 0.05) is 44.0 Å². The first-order chi connectivity index (χ1) is 17.6. The summed E-state index contributed by atoms with van der Waals surface area (Å²) in [6.07, 6.45) is 6.66. The molecule has 8 nitrogen and oxygen atoms in total. The first kappa shape index (κ1) is 24.3. The average molecular weight is 491 g/mol. The van der Waals surface area contributed by atoms with Crippen molar-refractivity contribution in [1.29, 1.82) is 0 Å². The van der Waals surface area contributed by atoms with Crippen LogP contribution in [0.2, 0.25) is 0 Å². The molecule has 3 aliphatic rings. The van der Waals surface area contributed by atoms with Gasteiger partial charge in [0.1, 0.15) is 11.9 Å². The molecule has 0 radical (unpaired) electrons. The number of carbonyl (C=O) groups excluding carboxylic acids is 3. The summed E-state index contributed by atoms with van der Waals surface area (Å²) in [5, 5.41) is 0. The van der Waals surface area contributed by atoms with E-state index in [0.29, 0.717) is 49.8 Å². The number of aromatic nitrogens is 1. The summed E-state index contributed by atoms with van der Waals surface area (Å²) in [6, 6.07) is 12.7. The summed E-state index contributed by atoms with van der Waals surface area (Å²) in [5.74, 6) is 0.859. The van der Waals surface area contributed by atoms with E-state index < -0.39 is 0 Å². The Kier molecular flexibility index (Phi) is 7.20. The first-order valence-electron chi connectivity index (χ1n) is 13.1. The molecule has 5 rings (SSSR count). The van der Waals surface area contributed by atoms with E-state index in [4.69, 9.17) is 4.74 Å². The van der Waals surface area contributed by atoms with Crippen LogP contribution in [0, 0.1) is 5.92 Å². The van der Waals surface area contributed by atoms with Crippen LogP contribution in [0.25, 0.3) is 0 Å². The lowest BCUT2D eigenvalue weighted by atomic mass is 9.84. The zero-order chi connectivity index (χ0) is 25.1. The maximum absolute atomic E-state index is 13.8. The number of benzene rings is 1. The number of carbonyl (C=O) groups is 3. The number of hydrogen-bond donors (Lipinski definition) is 0. The van der Waals surface area contributed by atoms with Crippen molar-refractivity contribution >= 4 is 23.6 Å². The normalized spacial score (nSPS) is 23.8. The Hall–Kier alpha value is -3.42. The van der Waals surface area contributed by atoms with Crippen molar-refractivity contribution in [3.8, 4) is 0 Å². The molecule has 0 spiro atoms. The third kappa shape index (κ3) is 4.81. The van der Waals surface area contributed by atoms with Crippen LogP contribution in [-0.4, -0.2) is 77.4 Å². The van der Waals surface area contributed by atoms with Gasteiger partial charge in [-0.15, -0.1) is 0 Å². The molecule has 2 aliphatic heterocycles. The van der Waals surface area contributed by atoms with E-state index >= 15 is 0 Å². The minimum Gasteiger partial charge on any atom is -0.462 e. The maximum Gasteiger partial charge on any atom is 0.339 e. The molecule has 3 heterocycles. The molecule has 0 N–H and O–H groups in total. The van der Waals surface area contributed by atoms with Gasteiger partial charge in [-0.05, 0) is 56.4 Å². The van der Waals surface area contributed by atoms with E-state index in [2.05, 4.69) is 9.88 Å². The Morgan fingerprint density at radius 3 is 2.39 bits per heavy atom. The van der Waals surface area contributed by atoms with Crippen LogP contribution in [-0.2, 0) is 9.53 Å². The van der Waals surface area contributed by atoms with E-state index in [-0.39, 0.29) is 29.9 Å². The number of hydrogen-bond acceptors (Lipinski definition) is 6. The van der Waals surface area contributed by atoms with Crippen molar-refractivity contribution < 1.29 is 19.1 Å². The van der Waals surface area contributed by atoms with Crippen LogP contribution in [0.1, 0.15) is 59.7 Å². The fourth-order valence-corrected chi connectivity index (χ4v) is 5.98. The van der Waals surface area contributed by atoms with Crippen molar-refractivity contribution in [2.75, 3.05) is 37.7 Å². The molecule has 36 heavy (non-hydrogen) atoms. The van der Waals surface area contributed by atoms with E-state index in [9.17, 15) is 14.4 Å². The first-order valence-corrected chi connectivity index (χ1v) is 13.1. The lowest BCUT2D eigenvalue weighted by molar-refractivity contribution is -0.136. The van der Waals surface area contributed by atoms with Gasteiger partial charge in [0.2, 0.25) is 5.91 Å². The largest absolute Gasteiger partial charge is 0.462 e. The molecule has 3 fully saturated rings. The molecule has 1 aliphatic carbocycles. The Morgan fingerprint density at radius 2 is 1.69 bits per heavy atom. The van der Waals surface area contributed by atoms with E-state index in [1.165, 1.54) is 12.6 Å². The lowest BCUT2D eigenvalue weighted by Gasteiger charge is -2.39. The Morgan fingerprint density at radius 1 is 0.944 bits per heavy atom. The standard InChI is InChI=1S/C28H34N4O4/c1-2-36-28(35)22-12-13-25(29-19-22)30-14-16-31(17-15-30)27(34)24-18-21-10-6-7-11-23(21)32(24)26(33)20-8-4-3-5-9-20/h3-5,8-9,12-13,19,21,23-24H,2,6-7,10-11,14-18H2,1H3. The topological polar surface area (TPSA) is 83.0 Å². The quantitative estimate of drug-likeness (QED) is 0.598. The minimum absolute atomic E-state index is 0.0205. The summed E-state index contributed by atoms with van der Waals surface area (Å²) in [4.78, 5) is 49.6. The summed E-state index contributed by atoms with van der Waals surface area (Å²) in [7, 11) is 0. The number of amides is 2. The highest BCUT2D eigenvalue weighted by molar-refractivity contribution is 5.98. The molecule has 1 aromatic heterocycles. The number of nitrogens with zero attached hydrogens (tertiary/aromatic N) is 4. The van der Waals surface area contributed by atoms with Crippen molar-refractivity contribution in [3.63, 3.8) is 0 Å². The van der Waals surface area contributed by atoms with Crippen LogP contribution in [0.5, 0.6) is 0 Å². The molecule has 8 heteroatoms. The second kappa shape index (κ2) is 10.7. The zero-order valence-corrected chi connectivity index (χ0v) is 20.8. The highest BCUT2D eigenvalue weighted by Gasteiger charge is 2.48. The van der Waals surface area contributed by atoms with Gasteiger partial charge in [-0.3, -0.25) is 9.59 Å². The van der Waals surface area contributed by atoms with Gasteiger partial charge >= 0.3 is 5.97 Å². The molecule has 2 amide bonds. The highest BCUT2D eigenvalue weighted by atomic mass is 16.5. The Labute approximate surface area is 212 Å². The van der Waals surface area contributed by atoms with Crippen LogP contribution in [0.15, 0.2) is 48.7 Å². The van der Waals surface area contributed by atoms with E-state index in [1.807, 2.05) is 46.2 Å². The van der Waals surface area contributed by atoms with Gasteiger partial charge in [0.25, 0.3) is 5.91 Å². The van der Waals surface area contributed by atoms with Gasteiger partial charge in [0.05, 0.1) is 12.2 Å². The summed E-state index contributed by atoms with van der Waals surface area (Å²) in [5.41, 5.74) is 1.09. The molecule has 1 saturated carbocycles. The van der Waals surface area contributed by atoms with Crippen molar-refractivity contribution in [2.45, 2.75) is 51.1 Å². The third-order valence-electron chi connectivity index (χ3n) is 7.80. The molecule has 1 aromatic carbocycles. The maximum atomic E-state index is 13.8. The average Bonchev–Trinajstić information content (AvgIpc) is 3.32. The molecule has 190 valence electrons. The molecular formula is C28H34N4O4. The Bertz CT molecular complexity index is 1080. The van der Waals surface area contributed by atoms with Crippen molar-refractivity contribution in [1.82, 2.24) is 14.8 Å². The summed E-state index contributed by atoms with van der Waals surface area (Å²) < 4.78 is 5.03. The number of piperazine rings is 1. The second-order valence-corrected chi connectivity index (χ2v) is 9.88. The number of rotatable bonds is 5. The minimum atomic E-state index is -0.389. The molecule has 0 bridgehead atoms. The van der Waals surface area contributed by atoms with Crippen LogP contribution >= 0.6 is 0 Å². The molecule has 3 atom stereocenters. The van der Waals surface area contributed by atoms with Gasteiger partial charge in [-0.2, -0.15) is 0 Å².